The minimum atomic E-state index is -0.308. The zero-order chi connectivity index (χ0) is 37.1. The van der Waals surface area contributed by atoms with E-state index < -0.39 is 0 Å². The highest BCUT2D eigenvalue weighted by molar-refractivity contribution is 8.76. The van der Waals surface area contributed by atoms with Crippen molar-refractivity contribution in [2.75, 3.05) is 24.6 Å². The lowest BCUT2D eigenvalue weighted by Gasteiger charge is -2.13. The van der Waals surface area contributed by atoms with E-state index in [4.69, 9.17) is 0 Å². The Morgan fingerprint density at radius 2 is 1.04 bits per heavy atom. The molecule has 0 atom stereocenters. The summed E-state index contributed by atoms with van der Waals surface area (Å²) in [6.07, 6.45) is 23.8. The first-order chi connectivity index (χ1) is 26.0. The predicted molar refractivity (Wildman–Crippen MR) is 226 cm³/mol. The molecule has 0 spiro atoms. The van der Waals surface area contributed by atoms with Gasteiger partial charge in [0.05, 0.1) is 0 Å². The Bertz CT molecular complexity index is 1770. The van der Waals surface area contributed by atoms with Gasteiger partial charge in [0.25, 0.3) is 11.8 Å². The zero-order valence-electron chi connectivity index (χ0n) is 31.5. The molecule has 4 aromatic rings. The number of rotatable bonds is 28. The average Bonchev–Trinajstić information content (AvgIpc) is 3.49. The first-order valence-corrected chi connectivity index (χ1v) is 22.7. The van der Waals surface area contributed by atoms with Crippen molar-refractivity contribution in [2.24, 2.45) is 0 Å². The van der Waals surface area contributed by atoms with Crippen molar-refractivity contribution in [3.05, 3.63) is 72.3 Å². The van der Waals surface area contributed by atoms with Gasteiger partial charge in [0, 0.05) is 56.0 Å². The van der Waals surface area contributed by atoms with E-state index in [1.807, 2.05) is 21.6 Å². The van der Waals surface area contributed by atoms with Crippen LogP contribution < -0.4 is 5.32 Å². The predicted octanol–water partition coefficient (Wildman–Crippen LogP) is 11.1. The number of benzene rings is 4. The molecule has 0 aliphatic carbocycles. The van der Waals surface area contributed by atoms with Crippen molar-refractivity contribution < 1.29 is 19.2 Å². The zero-order valence-corrected chi connectivity index (χ0v) is 33.1. The molecule has 0 fully saturated rings. The Morgan fingerprint density at radius 1 is 0.547 bits per heavy atom. The van der Waals surface area contributed by atoms with Crippen molar-refractivity contribution in [3.8, 4) is 0 Å². The second-order valence-electron chi connectivity index (χ2n) is 14.6. The molecule has 6 nitrogen and oxygen atoms in total. The van der Waals surface area contributed by atoms with E-state index in [0.717, 1.165) is 30.6 Å². The molecule has 0 saturated carbocycles. The summed E-state index contributed by atoms with van der Waals surface area (Å²) in [6, 6.07) is 19.7. The Morgan fingerprint density at radius 3 is 1.64 bits per heavy atom. The molecule has 53 heavy (non-hydrogen) atoms. The number of unbranched alkanes of at least 4 members (excludes halogenated alkanes) is 14. The monoisotopic (exact) mass is 754 g/mol. The van der Waals surface area contributed by atoms with Crippen LogP contribution in [-0.4, -0.2) is 53.0 Å². The molecule has 1 aliphatic rings. The fourth-order valence-electron chi connectivity index (χ4n) is 7.47. The van der Waals surface area contributed by atoms with Crippen LogP contribution in [0.5, 0.6) is 0 Å². The number of nitrogens with zero attached hydrogens (tertiary/aromatic N) is 1. The van der Waals surface area contributed by atoms with E-state index in [9.17, 15) is 19.2 Å². The number of imide groups is 1. The highest BCUT2D eigenvalue weighted by Crippen LogP contribution is 2.36. The van der Waals surface area contributed by atoms with Crippen molar-refractivity contribution in [1.82, 2.24) is 10.2 Å². The Balaban J connectivity index is 0.755. The standard InChI is InChI=1S/C45H58N2O4S2/c48-39(34-38-25-24-37-23-22-35-18-17-19-36-26-27-40(38)45(37)44(35)36)20-13-9-5-1-3-7-11-15-32-52-53-33-16-12-8-4-2-6-10-14-21-41(49)46-30-31-47-42(50)28-29-43(47)51/h17-19,22-29H,1-16,20-21,30-34H2,(H,46,49). The van der Waals surface area contributed by atoms with Gasteiger partial charge in [0.15, 0.2) is 0 Å². The first-order valence-electron chi connectivity index (χ1n) is 20.2. The normalized spacial score (nSPS) is 13.0. The molecule has 1 N–H and O–H groups in total. The number of ketones is 1. The summed E-state index contributed by atoms with van der Waals surface area (Å²) in [7, 11) is 4.08. The lowest BCUT2D eigenvalue weighted by atomic mass is 9.90. The average molecular weight is 755 g/mol. The van der Waals surface area contributed by atoms with Crippen LogP contribution in [0.25, 0.3) is 32.3 Å². The van der Waals surface area contributed by atoms with Crippen LogP contribution in [0.15, 0.2) is 66.7 Å². The van der Waals surface area contributed by atoms with Crippen molar-refractivity contribution in [1.29, 1.82) is 0 Å². The fourth-order valence-corrected chi connectivity index (χ4v) is 9.76. The highest BCUT2D eigenvalue weighted by Gasteiger charge is 2.22. The minimum absolute atomic E-state index is 0.00629. The summed E-state index contributed by atoms with van der Waals surface area (Å²) in [5.41, 5.74) is 1.17. The Hall–Kier alpha value is -3.36. The molecule has 0 aromatic heterocycles. The third-order valence-electron chi connectivity index (χ3n) is 10.5. The van der Waals surface area contributed by atoms with Gasteiger partial charge in [-0.1, -0.05) is 153 Å². The van der Waals surface area contributed by atoms with Crippen LogP contribution in [0, 0.1) is 0 Å². The van der Waals surface area contributed by atoms with Gasteiger partial charge < -0.3 is 5.32 Å². The third-order valence-corrected chi connectivity index (χ3v) is 13.0. The number of hydrogen-bond donors (Lipinski definition) is 1. The van der Waals surface area contributed by atoms with Gasteiger partial charge in [-0.25, -0.2) is 0 Å². The molecule has 5 rings (SSSR count). The Kier molecular flexibility index (Phi) is 17.5. The summed E-state index contributed by atoms with van der Waals surface area (Å²) in [4.78, 5) is 49.0. The van der Waals surface area contributed by atoms with Crippen LogP contribution in [0.1, 0.15) is 121 Å². The van der Waals surface area contributed by atoms with Gasteiger partial charge in [-0.2, -0.15) is 0 Å². The van der Waals surface area contributed by atoms with E-state index in [0.29, 0.717) is 31.6 Å². The molecule has 0 saturated heterocycles. The SMILES string of the molecule is O=C(CCCCCCCCCCSSCCCCCCCCCCC(=O)NCCN1C(=O)C=CC1=O)Cc1ccc2ccc3cccc4ccc1c2c34. The number of Topliss-reactive ketones (excluding diaryl/α,β-unsaturated/α-hetero) is 1. The van der Waals surface area contributed by atoms with Crippen LogP contribution in [0.3, 0.4) is 0 Å². The first kappa shape index (κ1) is 40.8. The molecule has 1 aliphatic heterocycles. The van der Waals surface area contributed by atoms with E-state index in [-0.39, 0.29) is 24.3 Å². The minimum Gasteiger partial charge on any atom is -0.354 e. The molecule has 3 amide bonds. The second kappa shape index (κ2) is 22.8. The number of nitrogens with one attached hydrogen (secondary N) is 1. The molecule has 1 heterocycles. The number of carbonyl (C=O) groups is 4. The number of carbonyl (C=O) groups excluding carboxylic acids is 4. The smallest absolute Gasteiger partial charge is 0.253 e. The van der Waals surface area contributed by atoms with Gasteiger partial charge in [-0.05, 0) is 63.6 Å². The van der Waals surface area contributed by atoms with E-state index in [1.165, 1.54) is 139 Å². The molecule has 4 aromatic carbocycles. The largest absolute Gasteiger partial charge is 0.354 e. The van der Waals surface area contributed by atoms with Gasteiger partial charge in [-0.3, -0.25) is 24.1 Å². The maximum atomic E-state index is 12.9. The molecule has 0 bridgehead atoms. The number of hydrogen-bond acceptors (Lipinski definition) is 6. The maximum Gasteiger partial charge on any atom is 0.253 e. The summed E-state index contributed by atoms with van der Waals surface area (Å²) in [6.45, 7) is 0.546. The molecule has 8 heteroatoms. The quantitative estimate of drug-likeness (QED) is 0.0269. The van der Waals surface area contributed by atoms with Gasteiger partial charge in [0.2, 0.25) is 5.91 Å². The highest BCUT2D eigenvalue weighted by atomic mass is 33.1. The summed E-state index contributed by atoms with van der Waals surface area (Å²) >= 11 is 0. The topological polar surface area (TPSA) is 83.6 Å². The lowest BCUT2D eigenvalue weighted by Crippen LogP contribution is -2.38. The van der Waals surface area contributed by atoms with Crippen LogP contribution in [0.4, 0.5) is 0 Å². The molecule has 284 valence electrons. The molecule has 0 unspecified atom stereocenters. The van der Waals surface area contributed by atoms with Crippen molar-refractivity contribution in [3.63, 3.8) is 0 Å². The summed E-state index contributed by atoms with van der Waals surface area (Å²) in [5.74, 6) is 2.25. The van der Waals surface area contributed by atoms with Gasteiger partial charge in [0.1, 0.15) is 5.78 Å². The van der Waals surface area contributed by atoms with Gasteiger partial charge >= 0.3 is 0 Å². The van der Waals surface area contributed by atoms with Crippen molar-refractivity contribution >= 4 is 77.4 Å². The molecular weight excluding hydrogens is 697 g/mol. The molecule has 0 radical (unpaired) electrons. The van der Waals surface area contributed by atoms with E-state index in [1.54, 1.807) is 0 Å². The molecular formula is C45H58N2O4S2. The van der Waals surface area contributed by atoms with Crippen LogP contribution in [0.2, 0.25) is 0 Å². The maximum absolute atomic E-state index is 12.9. The summed E-state index contributed by atoms with van der Waals surface area (Å²) < 4.78 is 0. The van der Waals surface area contributed by atoms with E-state index >= 15 is 0 Å². The fraction of sp³-hybridized carbons (Fsp3) is 0.511. The summed E-state index contributed by atoms with van der Waals surface area (Å²) in [5, 5.41) is 10.5. The third kappa shape index (κ3) is 13.2. The van der Waals surface area contributed by atoms with Crippen LogP contribution in [-0.2, 0) is 25.6 Å². The van der Waals surface area contributed by atoms with Crippen LogP contribution >= 0.6 is 21.6 Å². The second-order valence-corrected chi connectivity index (χ2v) is 17.3. The Labute approximate surface area is 324 Å². The lowest BCUT2D eigenvalue weighted by molar-refractivity contribution is -0.137. The number of amides is 3. The van der Waals surface area contributed by atoms with Gasteiger partial charge in [-0.15, -0.1) is 0 Å². The van der Waals surface area contributed by atoms with E-state index in [2.05, 4.69) is 59.9 Å². The van der Waals surface area contributed by atoms with Crippen molar-refractivity contribution in [2.45, 2.75) is 122 Å².